The number of benzene rings is 1. The quantitative estimate of drug-likeness (QED) is 0.923. The first-order chi connectivity index (χ1) is 10.6. The number of hydrogen-bond donors (Lipinski definition) is 1. The molecule has 1 aromatic heterocycles. The molecule has 2 aromatic rings. The van der Waals surface area contributed by atoms with Crippen LogP contribution in [0.2, 0.25) is 0 Å². The molecule has 0 fully saturated rings. The maximum Gasteiger partial charge on any atom is 0.318 e. The van der Waals surface area contributed by atoms with Crippen LogP contribution >= 0.6 is 0 Å². The summed E-state index contributed by atoms with van der Waals surface area (Å²) in [4.78, 5) is 18.6. The largest absolute Gasteiger partial charge is 0.336 e. The van der Waals surface area contributed by atoms with E-state index in [2.05, 4.69) is 16.4 Å². The predicted molar refractivity (Wildman–Crippen MR) is 87.7 cm³/mol. The highest BCUT2D eigenvalue weighted by molar-refractivity contribution is 5.75. The van der Waals surface area contributed by atoms with Gasteiger partial charge in [0.1, 0.15) is 11.9 Å². The van der Waals surface area contributed by atoms with E-state index in [9.17, 15) is 4.79 Å². The molecule has 0 radical (unpaired) electrons. The van der Waals surface area contributed by atoms with Crippen LogP contribution in [0.25, 0.3) is 0 Å². The Morgan fingerprint density at radius 2 is 2.09 bits per heavy atom. The van der Waals surface area contributed by atoms with Gasteiger partial charge in [0.2, 0.25) is 0 Å². The summed E-state index contributed by atoms with van der Waals surface area (Å²) in [5, 5.41) is 3.11. The molecule has 0 spiro atoms. The van der Waals surface area contributed by atoms with E-state index in [1.165, 1.54) is 0 Å². The Bertz CT molecular complexity index is 631. The van der Waals surface area contributed by atoms with Crippen LogP contribution in [0.1, 0.15) is 36.8 Å². The van der Waals surface area contributed by atoms with Crippen LogP contribution < -0.4 is 5.32 Å². The van der Waals surface area contributed by atoms with Crippen molar-refractivity contribution in [2.24, 2.45) is 7.05 Å². The smallest absolute Gasteiger partial charge is 0.318 e. The minimum absolute atomic E-state index is 0.0699. The fourth-order valence-corrected chi connectivity index (χ4v) is 2.53. The molecule has 1 unspecified atom stereocenters. The molecular weight excluding hydrogens is 276 g/mol. The van der Waals surface area contributed by atoms with Gasteiger partial charge in [-0.15, -0.1) is 0 Å². The summed E-state index contributed by atoms with van der Waals surface area (Å²) >= 11 is 0. The van der Waals surface area contributed by atoms with Gasteiger partial charge in [0, 0.05) is 32.5 Å². The number of amides is 2. The molecule has 0 aliphatic carbocycles. The molecule has 1 atom stereocenters. The van der Waals surface area contributed by atoms with Gasteiger partial charge in [-0.1, -0.05) is 29.8 Å². The van der Waals surface area contributed by atoms with Gasteiger partial charge in [-0.3, -0.25) is 0 Å². The lowest BCUT2D eigenvalue weighted by atomic mass is 10.0. The van der Waals surface area contributed by atoms with E-state index in [0.29, 0.717) is 13.1 Å². The van der Waals surface area contributed by atoms with Crippen molar-refractivity contribution in [2.45, 2.75) is 26.8 Å². The zero-order valence-electron chi connectivity index (χ0n) is 13.7. The van der Waals surface area contributed by atoms with Crippen molar-refractivity contribution in [3.05, 3.63) is 53.6 Å². The van der Waals surface area contributed by atoms with Crippen molar-refractivity contribution < 1.29 is 4.79 Å². The Morgan fingerprint density at radius 1 is 1.36 bits per heavy atom. The van der Waals surface area contributed by atoms with Gasteiger partial charge in [0.25, 0.3) is 0 Å². The number of urea groups is 1. The molecule has 0 aliphatic heterocycles. The predicted octanol–water partition coefficient (Wildman–Crippen LogP) is 2.87. The fourth-order valence-electron chi connectivity index (χ4n) is 2.53. The highest BCUT2D eigenvalue weighted by atomic mass is 16.2. The van der Waals surface area contributed by atoms with Crippen molar-refractivity contribution in [3.8, 4) is 0 Å². The third kappa shape index (κ3) is 3.47. The zero-order chi connectivity index (χ0) is 16.1. The van der Waals surface area contributed by atoms with Crippen LogP contribution in [-0.2, 0) is 7.05 Å². The molecule has 5 nitrogen and oxygen atoms in total. The molecule has 0 saturated carbocycles. The van der Waals surface area contributed by atoms with Crippen molar-refractivity contribution in [3.63, 3.8) is 0 Å². The first kappa shape index (κ1) is 16.1. The second-order valence-electron chi connectivity index (χ2n) is 5.37. The molecule has 1 aromatic carbocycles. The highest BCUT2D eigenvalue weighted by Crippen LogP contribution is 2.21. The summed E-state index contributed by atoms with van der Waals surface area (Å²) in [6, 6.07) is 7.83. The molecule has 2 amide bonds. The molecular formula is C17H24N4O. The Kier molecular flexibility index (Phi) is 5.20. The number of carbonyl (C=O) groups is 1. The third-order valence-electron chi connectivity index (χ3n) is 3.81. The van der Waals surface area contributed by atoms with Crippen molar-refractivity contribution in [2.75, 3.05) is 13.1 Å². The monoisotopic (exact) mass is 300 g/mol. The lowest BCUT2D eigenvalue weighted by Gasteiger charge is -2.25. The lowest BCUT2D eigenvalue weighted by Crippen LogP contribution is -2.42. The molecule has 0 aliphatic rings. The number of rotatable bonds is 5. The Morgan fingerprint density at radius 3 is 2.64 bits per heavy atom. The standard InChI is InChI=1S/C17H24N4O/c1-5-21(6-2)17(22)19-15(16-18-10-11-20(16)4)14-9-7-8-13(3)12-14/h7-12,15H,5-6H2,1-4H3,(H,19,22). The Hall–Kier alpha value is -2.30. The molecule has 118 valence electrons. The van der Waals surface area contributed by atoms with Crippen molar-refractivity contribution >= 4 is 6.03 Å². The number of nitrogens with one attached hydrogen (secondary N) is 1. The number of aromatic nitrogens is 2. The number of nitrogens with zero attached hydrogens (tertiary/aromatic N) is 3. The van der Waals surface area contributed by atoms with Crippen LogP contribution in [0.15, 0.2) is 36.7 Å². The molecule has 2 rings (SSSR count). The van der Waals surface area contributed by atoms with Crippen LogP contribution in [0.4, 0.5) is 4.79 Å². The van der Waals surface area contributed by atoms with Crippen LogP contribution in [0.5, 0.6) is 0 Å². The van der Waals surface area contributed by atoms with Crippen molar-refractivity contribution in [1.82, 2.24) is 19.8 Å². The zero-order valence-corrected chi connectivity index (χ0v) is 13.7. The molecule has 22 heavy (non-hydrogen) atoms. The molecule has 5 heteroatoms. The second kappa shape index (κ2) is 7.11. The first-order valence-electron chi connectivity index (χ1n) is 7.66. The number of aryl methyl sites for hydroxylation is 2. The minimum atomic E-state index is -0.256. The molecule has 1 heterocycles. The van der Waals surface area contributed by atoms with Gasteiger partial charge in [0.05, 0.1) is 0 Å². The van der Waals surface area contributed by atoms with E-state index in [0.717, 1.165) is 17.0 Å². The van der Waals surface area contributed by atoms with Crippen LogP contribution in [-0.4, -0.2) is 33.6 Å². The molecule has 0 bridgehead atoms. The van der Waals surface area contributed by atoms with E-state index in [-0.39, 0.29) is 12.1 Å². The van der Waals surface area contributed by atoms with Crippen LogP contribution in [0.3, 0.4) is 0 Å². The average molecular weight is 300 g/mol. The summed E-state index contributed by atoms with van der Waals surface area (Å²) in [6.45, 7) is 7.37. The molecule has 1 N–H and O–H groups in total. The van der Waals surface area contributed by atoms with E-state index in [4.69, 9.17) is 0 Å². The topological polar surface area (TPSA) is 50.2 Å². The van der Waals surface area contributed by atoms with Gasteiger partial charge >= 0.3 is 6.03 Å². The fraction of sp³-hybridized carbons (Fsp3) is 0.412. The number of imidazole rings is 1. The van der Waals surface area contributed by atoms with E-state index in [1.807, 2.05) is 56.8 Å². The summed E-state index contributed by atoms with van der Waals surface area (Å²) < 4.78 is 1.94. The molecule has 0 saturated heterocycles. The highest BCUT2D eigenvalue weighted by Gasteiger charge is 2.22. The van der Waals surface area contributed by atoms with Gasteiger partial charge in [-0.2, -0.15) is 0 Å². The minimum Gasteiger partial charge on any atom is -0.336 e. The maximum atomic E-state index is 12.5. The average Bonchev–Trinajstić information content (AvgIpc) is 2.92. The third-order valence-corrected chi connectivity index (χ3v) is 3.81. The Labute approximate surface area is 132 Å². The SMILES string of the molecule is CCN(CC)C(=O)NC(c1cccc(C)c1)c1nccn1C. The van der Waals surface area contributed by atoms with Crippen molar-refractivity contribution in [1.29, 1.82) is 0 Å². The summed E-state index contributed by atoms with van der Waals surface area (Å²) in [7, 11) is 1.94. The van der Waals surface area contributed by atoms with E-state index in [1.54, 1.807) is 11.1 Å². The Balaban J connectivity index is 2.35. The van der Waals surface area contributed by atoms with Gasteiger partial charge < -0.3 is 14.8 Å². The summed E-state index contributed by atoms with van der Waals surface area (Å²) in [5.41, 5.74) is 2.20. The van der Waals surface area contributed by atoms with Gasteiger partial charge in [0.15, 0.2) is 0 Å². The first-order valence-corrected chi connectivity index (χ1v) is 7.66. The van der Waals surface area contributed by atoms with E-state index < -0.39 is 0 Å². The summed E-state index contributed by atoms with van der Waals surface area (Å²) in [5.74, 6) is 0.825. The second-order valence-corrected chi connectivity index (χ2v) is 5.37. The van der Waals surface area contributed by atoms with Gasteiger partial charge in [-0.25, -0.2) is 9.78 Å². The van der Waals surface area contributed by atoms with Crippen LogP contribution in [0, 0.1) is 6.92 Å². The number of carbonyl (C=O) groups excluding carboxylic acids is 1. The van der Waals surface area contributed by atoms with Gasteiger partial charge in [-0.05, 0) is 26.3 Å². The number of hydrogen-bond acceptors (Lipinski definition) is 2. The van der Waals surface area contributed by atoms with E-state index >= 15 is 0 Å². The summed E-state index contributed by atoms with van der Waals surface area (Å²) in [6.07, 6.45) is 3.64. The normalized spacial score (nSPS) is 12.0. The maximum absolute atomic E-state index is 12.5. The lowest BCUT2D eigenvalue weighted by molar-refractivity contribution is 0.200.